The lowest BCUT2D eigenvalue weighted by atomic mass is 9.83. The number of ether oxygens (including phenoxy) is 1. The maximum Gasteiger partial charge on any atom is 0.511 e. The molecule has 94 valence electrons. The van der Waals surface area contributed by atoms with E-state index >= 15 is 0 Å². The highest BCUT2D eigenvalue weighted by molar-refractivity contribution is 5.89. The van der Waals surface area contributed by atoms with Crippen LogP contribution >= 0.6 is 0 Å². The minimum atomic E-state index is -1.28. The molecule has 0 aromatic heterocycles. The first kappa shape index (κ1) is 12.4. The Labute approximate surface area is 106 Å². The van der Waals surface area contributed by atoms with Crippen LogP contribution in [0.25, 0.3) is 10.8 Å². The van der Waals surface area contributed by atoms with E-state index in [9.17, 15) is 4.79 Å². The lowest BCUT2D eigenvalue weighted by Gasteiger charge is -2.23. The maximum atomic E-state index is 10.8. The molecule has 0 saturated carbocycles. The van der Waals surface area contributed by atoms with Crippen LogP contribution in [0, 0.1) is 0 Å². The van der Waals surface area contributed by atoms with Gasteiger partial charge < -0.3 is 9.84 Å². The van der Waals surface area contributed by atoms with E-state index in [1.807, 2.05) is 51.1 Å². The van der Waals surface area contributed by atoms with E-state index < -0.39 is 6.16 Å². The minimum absolute atomic E-state index is 0.189. The predicted molar refractivity (Wildman–Crippen MR) is 71.3 cm³/mol. The van der Waals surface area contributed by atoms with Crippen molar-refractivity contribution in [1.82, 2.24) is 0 Å². The molecule has 0 heterocycles. The monoisotopic (exact) mass is 244 g/mol. The topological polar surface area (TPSA) is 46.5 Å². The van der Waals surface area contributed by atoms with Crippen molar-refractivity contribution < 1.29 is 14.6 Å². The van der Waals surface area contributed by atoms with Gasteiger partial charge in [-0.15, -0.1) is 0 Å². The molecule has 0 aliphatic heterocycles. The smallest absolute Gasteiger partial charge is 0.449 e. The molecular weight excluding hydrogens is 228 g/mol. The van der Waals surface area contributed by atoms with Gasteiger partial charge in [0.05, 0.1) is 0 Å². The second kappa shape index (κ2) is 4.33. The fourth-order valence-corrected chi connectivity index (χ4v) is 2.20. The fraction of sp³-hybridized carbons (Fsp3) is 0.267. The number of hydrogen-bond donors (Lipinski definition) is 1. The first-order valence-corrected chi connectivity index (χ1v) is 5.82. The minimum Gasteiger partial charge on any atom is -0.449 e. The second-order valence-corrected chi connectivity index (χ2v) is 5.28. The molecule has 0 atom stereocenters. The third kappa shape index (κ3) is 2.30. The van der Waals surface area contributed by atoms with E-state index in [1.54, 1.807) is 6.07 Å². The molecular formula is C15H16O3. The number of carboxylic acid groups (broad SMARTS) is 1. The quantitative estimate of drug-likeness (QED) is 0.604. The second-order valence-electron chi connectivity index (χ2n) is 5.28. The van der Waals surface area contributed by atoms with Crippen molar-refractivity contribution in [2.45, 2.75) is 26.2 Å². The van der Waals surface area contributed by atoms with Gasteiger partial charge in [0.25, 0.3) is 0 Å². The van der Waals surface area contributed by atoms with Crippen molar-refractivity contribution in [3.8, 4) is 5.75 Å². The Morgan fingerprint density at radius 2 is 1.78 bits per heavy atom. The normalized spacial score (nSPS) is 11.5. The van der Waals surface area contributed by atoms with Gasteiger partial charge in [-0.2, -0.15) is 0 Å². The molecule has 0 fully saturated rings. The third-order valence-electron chi connectivity index (χ3n) is 2.84. The average Bonchev–Trinajstić information content (AvgIpc) is 2.26. The van der Waals surface area contributed by atoms with Crippen LogP contribution in [0.5, 0.6) is 5.75 Å². The Morgan fingerprint density at radius 3 is 2.39 bits per heavy atom. The van der Waals surface area contributed by atoms with Crippen LogP contribution in [0.15, 0.2) is 36.4 Å². The zero-order chi connectivity index (χ0) is 13.3. The van der Waals surface area contributed by atoms with Crippen molar-refractivity contribution in [3.63, 3.8) is 0 Å². The van der Waals surface area contributed by atoms with Crippen LogP contribution in [0.1, 0.15) is 26.3 Å². The molecule has 2 rings (SSSR count). The number of rotatable bonds is 1. The molecule has 3 heteroatoms. The van der Waals surface area contributed by atoms with Crippen LogP contribution in [0.2, 0.25) is 0 Å². The number of hydrogen-bond acceptors (Lipinski definition) is 2. The van der Waals surface area contributed by atoms with Crippen LogP contribution in [-0.4, -0.2) is 11.3 Å². The van der Waals surface area contributed by atoms with Crippen molar-refractivity contribution >= 4 is 16.9 Å². The zero-order valence-electron chi connectivity index (χ0n) is 10.7. The SMILES string of the molecule is CC(C)(C)c1c(OC(=O)O)ccc2ccccc12. The Balaban J connectivity index is 2.75. The van der Waals surface area contributed by atoms with Gasteiger partial charge in [-0.1, -0.05) is 51.1 Å². The molecule has 0 unspecified atom stereocenters. The number of benzene rings is 2. The highest BCUT2D eigenvalue weighted by atomic mass is 16.7. The van der Waals surface area contributed by atoms with Crippen molar-refractivity contribution in [3.05, 3.63) is 42.0 Å². The van der Waals surface area contributed by atoms with E-state index in [0.29, 0.717) is 5.75 Å². The molecule has 0 amide bonds. The molecule has 1 N–H and O–H groups in total. The first-order valence-electron chi connectivity index (χ1n) is 5.82. The van der Waals surface area contributed by atoms with Crippen LogP contribution < -0.4 is 4.74 Å². The largest absolute Gasteiger partial charge is 0.511 e. The Hall–Kier alpha value is -2.03. The molecule has 0 bridgehead atoms. The predicted octanol–water partition coefficient (Wildman–Crippen LogP) is 4.19. The first-order chi connectivity index (χ1) is 8.39. The molecule has 0 radical (unpaired) electrons. The Morgan fingerprint density at radius 1 is 1.11 bits per heavy atom. The molecule has 18 heavy (non-hydrogen) atoms. The summed E-state index contributed by atoms with van der Waals surface area (Å²) in [4.78, 5) is 10.8. The molecule has 0 aliphatic carbocycles. The lowest BCUT2D eigenvalue weighted by Crippen LogP contribution is -2.16. The standard InChI is InChI=1S/C15H16O3/c1-15(2,3)13-11-7-5-4-6-10(11)8-9-12(13)18-14(16)17/h4-9H,1-3H3,(H,16,17). The summed E-state index contributed by atoms with van der Waals surface area (Å²) >= 11 is 0. The van der Waals surface area contributed by atoms with Crippen LogP contribution in [0.3, 0.4) is 0 Å². The van der Waals surface area contributed by atoms with E-state index in [-0.39, 0.29) is 5.41 Å². The highest BCUT2D eigenvalue weighted by Gasteiger charge is 2.23. The molecule has 0 saturated heterocycles. The van der Waals surface area contributed by atoms with Crippen LogP contribution in [0.4, 0.5) is 4.79 Å². The summed E-state index contributed by atoms with van der Waals surface area (Å²) < 4.78 is 4.90. The fourth-order valence-electron chi connectivity index (χ4n) is 2.20. The summed E-state index contributed by atoms with van der Waals surface area (Å²) in [5, 5.41) is 10.9. The van der Waals surface area contributed by atoms with Crippen molar-refractivity contribution in [1.29, 1.82) is 0 Å². The Kier molecular flexibility index (Phi) is 2.99. The summed E-state index contributed by atoms with van der Waals surface area (Å²) in [6.45, 7) is 6.14. The Bertz CT molecular complexity index is 594. The van der Waals surface area contributed by atoms with E-state index in [4.69, 9.17) is 9.84 Å². The summed E-state index contributed by atoms with van der Waals surface area (Å²) in [5.74, 6) is 0.411. The van der Waals surface area contributed by atoms with E-state index in [1.165, 1.54) is 0 Å². The molecule has 3 nitrogen and oxygen atoms in total. The lowest BCUT2D eigenvalue weighted by molar-refractivity contribution is 0.143. The molecule has 0 aliphatic rings. The van der Waals surface area contributed by atoms with E-state index in [2.05, 4.69) is 0 Å². The van der Waals surface area contributed by atoms with Gasteiger partial charge in [-0.3, -0.25) is 0 Å². The molecule has 2 aromatic rings. The molecule has 0 spiro atoms. The third-order valence-corrected chi connectivity index (χ3v) is 2.84. The number of fused-ring (bicyclic) bond motifs is 1. The van der Waals surface area contributed by atoms with Crippen molar-refractivity contribution in [2.24, 2.45) is 0 Å². The van der Waals surface area contributed by atoms with Gasteiger partial charge in [0.15, 0.2) is 0 Å². The summed E-state index contributed by atoms with van der Waals surface area (Å²) in [7, 11) is 0. The average molecular weight is 244 g/mol. The number of carbonyl (C=O) groups is 1. The highest BCUT2D eigenvalue weighted by Crippen LogP contribution is 2.37. The summed E-state index contributed by atoms with van der Waals surface area (Å²) in [6, 6.07) is 11.5. The van der Waals surface area contributed by atoms with Crippen LogP contribution in [-0.2, 0) is 5.41 Å². The summed E-state index contributed by atoms with van der Waals surface area (Å²) in [6.07, 6.45) is -1.28. The van der Waals surface area contributed by atoms with Gasteiger partial charge in [-0.05, 0) is 22.3 Å². The summed E-state index contributed by atoms with van der Waals surface area (Å²) in [5.41, 5.74) is 0.731. The maximum absolute atomic E-state index is 10.8. The zero-order valence-corrected chi connectivity index (χ0v) is 10.7. The van der Waals surface area contributed by atoms with Gasteiger partial charge in [0, 0.05) is 5.56 Å². The van der Waals surface area contributed by atoms with Gasteiger partial charge in [0.1, 0.15) is 5.75 Å². The van der Waals surface area contributed by atoms with Gasteiger partial charge in [-0.25, -0.2) is 4.79 Å². The van der Waals surface area contributed by atoms with Crippen molar-refractivity contribution in [2.75, 3.05) is 0 Å². The van der Waals surface area contributed by atoms with Gasteiger partial charge >= 0.3 is 6.16 Å². The van der Waals surface area contributed by atoms with Gasteiger partial charge in [0.2, 0.25) is 0 Å². The van der Waals surface area contributed by atoms with E-state index in [0.717, 1.165) is 16.3 Å². The molecule has 2 aromatic carbocycles.